The molecule has 2 N–H and O–H groups in total. The summed E-state index contributed by atoms with van der Waals surface area (Å²) in [5, 5.41) is 11.0. The van der Waals surface area contributed by atoms with Crippen molar-refractivity contribution in [1.82, 2.24) is 5.32 Å². The Kier molecular flexibility index (Phi) is 5.01. The number of ether oxygens (including phenoxy) is 1. The number of aliphatic hydroxyl groups excluding tert-OH is 1. The monoisotopic (exact) mass is 194 g/mol. The first-order valence-electron chi connectivity index (χ1n) is 2.78. The highest BCUT2D eigenvalue weighted by Crippen LogP contribution is 1.86. The largest absolute Gasteiger partial charge is 0.467 e. The smallest absolute Gasteiger partial charge is 0.330 e. The summed E-state index contributed by atoms with van der Waals surface area (Å²) in [7, 11) is 1.22. The summed E-state index contributed by atoms with van der Waals surface area (Å²) < 4.78 is 4.37. The highest BCUT2D eigenvalue weighted by Gasteiger charge is 2.15. The lowest BCUT2D eigenvalue weighted by Crippen LogP contribution is -2.42. The molecule has 1 unspecified atom stereocenters. The van der Waals surface area contributed by atoms with Gasteiger partial charge in [-0.1, -0.05) is 4.32 Å². The number of carbonyl (C=O) groups is 1. The Morgan fingerprint density at radius 2 is 2.45 bits per heavy atom. The van der Waals surface area contributed by atoms with Crippen molar-refractivity contribution in [2.45, 2.75) is 6.04 Å². The third kappa shape index (κ3) is 4.07. The van der Waals surface area contributed by atoms with Crippen LogP contribution in [-0.2, 0) is 22.2 Å². The van der Waals surface area contributed by atoms with Crippen molar-refractivity contribution in [3.63, 3.8) is 0 Å². The van der Waals surface area contributed by atoms with Gasteiger partial charge in [0.15, 0.2) is 0 Å². The average Bonchev–Trinajstić information content (AvgIpc) is 1.98. The van der Waals surface area contributed by atoms with E-state index < -0.39 is 12.0 Å². The highest BCUT2D eigenvalue weighted by molar-refractivity contribution is 8.00. The zero-order valence-electron chi connectivity index (χ0n) is 5.86. The van der Waals surface area contributed by atoms with E-state index in [1.54, 1.807) is 0 Å². The van der Waals surface area contributed by atoms with E-state index in [2.05, 4.69) is 34.9 Å². The fourth-order valence-electron chi connectivity index (χ4n) is 0.464. The number of rotatable bonds is 3. The first-order chi connectivity index (χ1) is 5.11. The third-order valence-corrected chi connectivity index (χ3v) is 1.20. The van der Waals surface area contributed by atoms with E-state index in [-0.39, 0.29) is 10.9 Å². The molecule has 0 aliphatic carbocycles. The summed E-state index contributed by atoms with van der Waals surface area (Å²) in [5.41, 5.74) is 0. The summed E-state index contributed by atoms with van der Waals surface area (Å²) in [6.45, 7) is -0.385. The molecule has 0 aliphatic rings. The molecule has 11 heavy (non-hydrogen) atoms. The van der Waals surface area contributed by atoms with Crippen LogP contribution in [-0.4, -0.2) is 35.2 Å². The Bertz CT molecular complexity index is 162. The summed E-state index contributed by atoms with van der Waals surface area (Å²) in [6.07, 6.45) is 0. The van der Waals surface area contributed by atoms with Crippen LogP contribution < -0.4 is 5.32 Å². The van der Waals surface area contributed by atoms with Gasteiger partial charge in [-0.25, -0.2) is 4.79 Å². The average molecular weight is 194 g/mol. The summed E-state index contributed by atoms with van der Waals surface area (Å²) >= 11 is 8.98. The minimum Gasteiger partial charge on any atom is -0.467 e. The molecule has 0 aromatic rings. The lowest BCUT2D eigenvalue weighted by atomic mass is 10.3. The topological polar surface area (TPSA) is 58.6 Å². The van der Waals surface area contributed by atoms with Crippen molar-refractivity contribution in [1.29, 1.82) is 0 Å². The summed E-state index contributed by atoms with van der Waals surface area (Å²) in [6, 6.07) is -0.843. The third-order valence-electron chi connectivity index (χ3n) is 0.960. The maximum atomic E-state index is 10.7. The Balaban J connectivity index is 3.94. The van der Waals surface area contributed by atoms with Crippen molar-refractivity contribution >= 4 is 35.1 Å². The fraction of sp³-hybridized carbons (Fsp3) is 0.600. The van der Waals surface area contributed by atoms with Gasteiger partial charge in [-0.15, -0.1) is 0 Å². The Morgan fingerprint density at radius 3 is 2.73 bits per heavy atom. The Labute approximate surface area is 75.3 Å². The number of aliphatic hydroxyl groups is 1. The minimum absolute atomic E-state index is 0.0365. The molecule has 0 amide bonds. The molecule has 0 heterocycles. The van der Waals surface area contributed by atoms with Crippen LogP contribution in [0.4, 0.5) is 0 Å². The molecule has 0 aromatic heterocycles. The molecule has 0 spiro atoms. The van der Waals surface area contributed by atoms with E-state index in [0.29, 0.717) is 0 Å². The molecule has 0 saturated carbocycles. The van der Waals surface area contributed by atoms with E-state index in [4.69, 9.17) is 5.11 Å². The van der Waals surface area contributed by atoms with Crippen LogP contribution in [0.5, 0.6) is 0 Å². The molecular formula is C5H8NO3S2-. The SMILES string of the molecule is COC(=O)C(CO)NC(=S)[S-]. The molecule has 4 nitrogen and oxygen atoms in total. The van der Waals surface area contributed by atoms with Crippen molar-refractivity contribution < 1.29 is 14.6 Å². The lowest BCUT2D eigenvalue weighted by molar-refractivity contribution is -0.143. The van der Waals surface area contributed by atoms with E-state index >= 15 is 0 Å². The van der Waals surface area contributed by atoms with E-state index in [9.17, 15) is 4.79 Å². The molecule has 0 rings (SSSR count). The van der Waals surface area contributed by atoms with Crippen molar-refractivity contribution in [3.05, 3.63) is 0 Å². The lowest BCUT2D eigenvalue weighted by Gasteiger charge is -2.17. The summed E-state index contributed by atoms with van der Waals surface area (Å²) in [4.78, 5) is 10.7. The van der Waals surface area contributed by atoms with Crippen molar-refractivity contribution in [3.8, 4) is 0 Å². The fourth-order valence-corrected chi connectivity index (χ4v) is 0.748. The molecular weight excluding hydrogens is 186 g/mol. The van der Waals surface area contributed by atoms with Gasteiger partial charge in [0.05, 0.1) is 13.7 Å². The number of carbonyl (C=O) groups excluding carboxylic acids is 1. The van der Waals surface area contributed by atoms with Gasteiger partial charge < -0.3 is 40.0 Å². The van der Waals surface area contributed by atoms with Crippen LogP contribution in [0.1, 0.15) is 0 Å². The van der Waals surface area contributed by atoms with Crippen LogP contribution in [0, 0.1) is 0 Å². The van der Waals surface area contributed by atoms with Gasteiger partial charge in [-0.05, 0) is 0 Å². The van der Waals surface area contributed by atoms with Crippen LogP contribution >= 0.6 is 12.2 Å². The maximum absolute atomic E-state index is 10.7. The van der Waals surface area contributed by atoms with Crippen LogP contribution in [0.25, 0.3) is 0 Å². The van der Waals surface area contributed by atoms with Gasteiger partial charge in [0.1, 0.15) is 6.04 Å². The first kappa shape index (κ1) is 10.5. The highest BCUT2D eigenvalue weighted by atomic mass is 32.1. The second-order valence-corrected chi connectivity index (χ2v) is 2.77. The van der Waals surface area contributed by atoms with Gasteiger partial charge in [-0.2, -0.15) is 0 Å². The predicted octanol–water partition coefficient (Wildman–Crippen LogP) is -1.06. The number of methoxy groups -OCH3 is 1. The second kappa shape index (κ2) is 5.22. The van der Waals surface area contributed by atoms with E-state index in [1.807, 2.05) is 0 Å². The molecule has 0 bridgehead atoms. The molecule has 0 radical (unpaired) electrons. The minimum atomic E-state index is -0.843. The molecule has 6 heteroatoms. The molecule has 64 valence electrons. The predicted molar refractivity (Wildman–Crippen MR) is 46.0 cm³/mol. The molecule has 0 fully saturated rings. The Morgan fingerprint density at radius 1 is 1.91 bits per heavy atom. The summed E-state index contributed by atoms with van der Waals surface area (Å²) in [5.74, 6) is -0.584. The zero-order chi connectivity index (χ0) is 8.85. The van der Waals surface area contributed by atoms with Crippen LogP contribution in [0.15, 0.2) is 0 Å². The number of thiocarbonyl (C=S) groups is 1. The second-order valence-electron chi connectivity index (χ2n) is 1.69. The molecule has 0 saturated heterocycles. The number of hydrogen-bond donors (Lipinski definition) is 2. The standard InChI is InChI=1S/C5H9NO3S2/c1-9-4(8)3(2-7)6-5(10)11/h3,7H,2H2,1H3,(H2,6,10,11)/p-1. The molecule has 1 atom stereocenters. The molecule has 0 aromatic carbocycles. The van der Waals surface area contributed by atoms with Gasteiger partial charge >= 0.3 is 5.97 Å². The van der Waals surface area contributed by atoms with Crippen molar-refractivity contribution in [2.24, 2.45) is 0 Å². The van der Waals surface area contributed by atoms with Crippen molar-refractivity contribution in [2.75, 3.05) is 13.7 Å². The van der Waals surface area contributed by atoms with Gasteiger partial charge in [0.2, 0.25) is 0 Å². The number of nitrogens with one attached hydrogen (secondary N) is 1. The number of hydrogen-bond acceptors (Lipinski definition) is 5. The van der Waals surface area contributed by atoms with E-state index in [0.717, 1.165) is 0 Å². The van der Waals surface area contributed by atoms with E-state index in [1.165, 1.54) is 7.11 Å². The van der Waals surface area contributed by atoms with Gasteiger partial charge in [-0.3, -0.25) is 0 Å². The van der Waals surface area contributed by atoms with Crippen LogP contribution in [0.2, 0.25) is 0 Å². The van der Waals surface area contributed by atoms with Gasteiger partial charge in [0.25, 0.3) is 0 Å². The normalized spacial score (nSPS) is 11.8. The first-order valence-corrected chi connectivity index (χ1v) is 3.59. The Hall–Kier alpha value is -0.460. The number of esters is 1. The van der Waals surface area contributed by atoms with Gasteiger partial charge in [0, 0.05) is 0 Å². The zero-order valence-corrected chi connectivity index (χ0v) is 7.50. The maximum Gasteiger partial charge on any atom is 0.330 e. The molecule has 0 aliphatic heterocycles. The van der Waals surface area contributed by atoms with Crippen LogP contribution in [0.3, 0.4) is 0 Å². The quantitative estimate of drug-likeness (QED) is 0.339.